The van der Waals surface area contributed by atoms with Gasteiger partial charge in [-0.3, -0.25) is 0 Å². The number of hydrogen-bond acceptors (Lipinski definition) is 4. The lowest BCUT2D eigenvalue weighted by Gasteiger charge is -2.32. The Kier molecular flexibility index (Phi) is 6.04. The number of rotatable bonds is 3. The van der Waals surface area contributed by atoms with Gasteiger partial charge >= 0.3 is 0 Å². The first-order valence-electron chi connectivity index (χ1n) is 6.65. The first-order chi connectivity index (χ1) is 8.82. The lowest BCUT2D eigenvalue weighted by Crippen LogP contribution is -2.42. The van der Waals surface area contributed by atoms with E-state index in [1.54, 1.807) is 4.31 Å². The summed E-state index contributed by atoms with van der Waals surface area (Å²) in [5.74, 6) is 0.442. The van der Waals surface area contributed by atoms with Crippen LogP contribution in [0.3, 0.4) is 0 Å². The smallest absolute Gasteiger partial charge is 0.252 e. The SMILES string of the molecule is Cc1cc(C)c(S(=O)(=O)N2CCC(C(C)N)CC2)s1.Cl. The van der Waals surface area contributed by atoms with Gasteiger partial charge in [-0.25, -0.2) is 8.42 Å². The highest BCUT2D eigenvalue weighted by atomic mass is 35.5. The van der Waals surface area contributed by atoms with Crippen molar-refractivity contribution in [3.63, 3.8) is 0 Å². The minimum Gasteiger partial charge on any atom is -0.328 e. The number of nitrogens with two attached hydrogens (primary N) is 1. The zero-order valence-corrected chi connectivity index (χ0v) is 14.6. The summed E-state index contributed by atoms with van der Waals surface area (Å²) in [7, 11) is -3.31. The van der Waals surface area contributed by atoms with Gasteiger partial charge in [0.05, 0.1) is 0 Å². The maximum absolute atomic E-state index is 12.6. The molecule has 1 unspecified atom stereocenters. The summed E-state index contributed by atoms with van der Waals surface area (Å²) in [4.78, 5) is 1.04. The number of thiophene rings is 1. The minimum absolute atomic E-state index is 0. The number of piperidine rings is 1. The van der Waals surface area contributed by atoms with E-state index in [2.05, 4.69) is 0 Å². The Morgan fingerprint density at radius 3 is 2.30 bits per heavy atom. The number of nitrogens with zero attached hydrogens (tertiary/aromatic N) is 1. The van der Waals surface area contributed by atoms with Crippen LogP contribution < -0.4 is 5.73 Å². The summed E-state index contributed by atoms with van der Waals surface area (Å²) in [5, 5.41) is 0. The molecule has 0 aromatic carbocycles. The maximum atomic E-state index is 12.6. The van der Waals surface area contributed by atoms with E-state index in [9.17, 15) is 8.42 Å². The fourth-order valence-electron chi connectivity index (χ4n) is 2.64. The molecule has 1 aromatic heterocycles. The molecule has 7 heteroatoms. The van der Waals surface area contributed by atoms with Crippen molar-refractivity contribution in [3.8, 4) is 0 Å². The average molecular weight is 339 g/mol. The van der Waals surface area contributed by atoms with E-state index in [4.69, 9.17) is 5.73 Å². The van der Waals surface area contributed by atoms with Gasteiger partial charge in [0.2, 0.25) is 0 Å². The van der Waals surface area contributed by atoms with Crippen molar-refractivity contribution in [3.05, 3.63) is 16.5 Å². The van der Waals surface area contributed by atoms with Gasteiger partial charge in [0, 0.05) is 24.0 Å². The zero-order chi connectivity index (χ0) is 14.2. The molecule has 2 N–H and O–H groups in total. The Hall–Kier alpha value is -0.140. The predicted octanol–water partition coefficient (Wildman–Crippen LogP) is 2.53. The second-order valence-corrected chi connectivity index (χ2v) is 8.82. The Balaban J connectivity index is 0.00000200. The van der Waals surface area contributed by atoms with Gasteiger partial charge in [0.15, 0.2) is 0 Å². The highest BCUT2D eigenvalue weighted by Gasteiger charge is 2.32. The highest BCUT2D eigenvalue weighted by Crippen LogP contribution is 2.31. The van der Waals surface area contributed by atoms with Crippen molar-refractivity contribution in [1.82, 2.24) is 4.31 Å². The molecule has 1 saturated heterocycles. The molecule has 116 valence electrons. The lowest BCUT2D eigenvalue weighted by atomic mass is 9.92. The van der Waals surface area contributed by atoms with Gasteiger partial charge < -0.3 is 5.73 Å². The van der Waals surface area contributed by atoms with Crippen molar-refractivity contribution >= 4 is 33.8 Å². The van der Waals surface area contributed by atoms with Gasteiger partial charge in [-0.2, -0.15) is 4.31 Å². The Labute approximate surface area is 131 Å². The largest absolute Gasteiger partial charge is 0.328 e. The van der Waals surface area contributed by atoms with Crippen LogP contribution in [0.15, 0.2) is 10.3 Å². The molecule has 1 aliphatic rings. The van der Waals surface area contributed by atoms with Gasteiger partial charge in [-0.05, 0) is 51.2 Å². The van der Waals surface area contributed by atoms with E-state index in [-0.39, 0.29) is 18.4 Å². The van der Waals surface area contributed by atoms with Gasteiger partial charge in [0.1, 0.15) is 4.21 Å². The Morgan fingerprint density at radius 2 is 1.90 bits per heavy atom. The molecule has 0 radical (unpaired) electrons. The van der Waals surface area contributed by atoms with Crippen molar-refractivity contribution in [1.29, 1.82) is 0 Å². The molecule has 1 aliphatic heterocycles. The minimum atomic E-state index is -3.31. The van der Waals surface area contributed by atoms with Crippen LogP contribution in [0, 0.1) is 19.8 Å². The van der Waals surface area contributed by atoms with Crippen LogP contribution in [0.5, 0.6) is 0 Å². The van der Waals surface area contributed by atoms with E-state index in [0.717, 1.165) is 23.3 Å². The molecule has 0 amide bonds. The third-order valence-electron chi connectivity index (χ3n) is 3.81. The number of aryl methyl sites for hydroxylation is 2. The van der Waals surface area contributed by atoms with Crippen LogP contribution in [0.4, 0.5) is 0 Å². The average Bonchev–Trinajstić information content (AvgIpc) is 2.69. The van der Waals surface area contributed by atoms with E-state index in [1.807, 2.05) is 26.8 Å². The summed E-state index contributed by atoms with van der Waals surface area (Å²) in [6, 6.07) is 2.09. The molecule has 4 nitrogen and oxygen atoms in total. The van der Waals surface area contributed by atoms with E-state index in [0.29, 0.717) is 23.2 Å². The van der Waals surface area contributed by atoms with Gasteiger partial charge in [0.25, 0.3) is 10.0 Å². The van der Waals surface area contributed by atoms with Crippen LogP contribution in [0.25, 0.3) is 0 Å². The Morgan fingerprint density at radius 1 is 1.35 bits per heavy atom. The van der Waals surface area contributed by atoms with Crippen molar-refractivity contribution in [2.75, 3.05) is 13.1 Å². The summed E-state index contributed by atoms with van der Waals surface area (Å²) < 4.78 is 27.3. The van der Waals surface area contributed by atoms with E-state index in [1.165, 1.54) is 11.3 Å². The van der Waals surface area contributed by atoms with Crippen molar-refractivity contribution in [2.24, 2.45) is 11.7 Å². The topological polar surface area (TPSA) is 63.4 Å². The van der Waals surface area contributed by atoms with Gasteiger partial charge in [-0.1, -0.05) is 0 Å². The second-order valence-electron chi connectivity index (χ2n) is 5.43. The molecule has 20 heavy (non-hydrogen) atoms. The van der Waals surface area contributed by atoms with E-state index < -0.39 is 10.0 Å². The highest BCUT2D eigenvalue weighted by molar-refractivity contribution is 7.91. The van der Waals surface area contributed by atoms with Crippen molar-refractivity contribution < 1.29 is 8.42 Å². The molecular weight excluding hydrogens is 316 g/mol. The number of halogens is 1. The van der Waals surface area contributed by atoms with E-state index >= 15 is 0 Å². The second kappa shape index (κ2) is 6.75. The van der Waals surface area contributed by atoms with Gasteiger partial charge in [-0.15, -0.1) is 23.7 Å². The molecule has 2 heterocycles. The quantitative estimate of drug-likeness (QED) is 0.921. The van der Waals surface area contributed by atoms with Crippen LogP contribution in [-0.2, 0) is 10.0 Å². The van der Waals surface area contributed by atoms with Crippen LogP contribution in [0.2, 0.25) is 0 Å². The first kappa shape index (κ1) is 17.9. The number of sulfonamides is 1. The lowest BCUT2D eigenvalue weighted by molar-refractivity contribution is 0.251. The van der Waals surface area contributed by atoms with Crippen molar-refractivity contribution in [2.45, 2.75) is 43.9 Å². The predicted molar refractivity (Wildman–Crippen MR) is 86.2 cm³/mol. The molecule has 2 rings (SSSR count). The fourth-order valence-corrected chi connectivity index (χ4v) is 5.91. The third-order valence-corrected chi connectivity index (χ3v) is 7.48. The number of hydrogen-bond donors (Lipinski definition) is 1. The summed E-state index contributed by atoms with van der Waals surface area (Å²) in [6.07, 6.45) is 1.72. The van der Waals surface area contributed by atoms with Crippen LogP contribution in [-0.4, -0.2) is 31.9 Å². The first-order valence-corrected chi connectivity index (χ1v) is 8.91. The molecule has 0 bridgehead atoms. The zero-order valence-electron chi connectivity index (χ0n) is 12.1. The Bertz CT molecular complexity index is 547. The molecule has 1 aromatic rings. The fraction of sp³-hybridized carbons (Fsp3) is 0.692. The molecule has 0 spiro atoms. The molecular formula is C13H23ClN2O2S2. The molecule has 1 fully saturated rings. The summed E-state index contributed by atoms with van der Waals surface area (Å²) >= 11 is 1.37. The normalized spacial score (nSPS) is 19.6. The van der Waals surface area contributed by atoms with Crippen LogP contribution >= 0.6 is 23.7 Å². The monoisotopic (exact) mass is 338 g/mol. The maximum Gasteiger partial charge on any atom is 0.252 e. The summed E-state index contributed by atoms with van der Waals surface area (Å²) in [6.45, 7) is 6.99. The standard InChI is InChI=1S/C13H22N2O2S2.ClH/c1-9-8-10(2)18-13(9)19(16,17)15-6-4-12(5-7-15)11(3)14;/h8,11-12H,4-7,14H2,1-3H3;1H. The molecule has 0 saturated carbocycles. The molecule has 0 aliphatic carbocycles. The third kappa shape index (κ3) is 3.54. The molecule has 1 atom stereocenters. The van der Waals surface area contributed by atoms with Crippen LogP contribution in [0.1, 0.15) is 30.2 Å². The summed E-state index contributed by atoms with van der Waals surface area (Å²) in [5.41, 5.74) is 6.75.